The van der Waals surface area contributed by atoms with Crippen molar-refractivity contribution in [2.45, 2.75) is 18.6 Å². The molecule has 1 aromatic heterocycles. The van der Waals surface area contributed by atoms with E-state index in [1.165, 1.54) is 12.3 Å². The van der Waals surface area contributed by atoms with Crippen molar-refractivity contribution in [2.24, 2.45) is 5.73 Å². The standard InChI is InChI=1S/C9H12ClN3O3/c10-5-1-7(11)13-3-4(5)9(16)6(14)2-8(12)15/h1,3,6,9,14,16H,2H2,(H2,11,13)(H2,12,15). The molecule has 88 valence electrons. The van der Waals surface area contributed by atoms with Crippen LogP contribution in [0.3, 0.4) is 0 Å². The molecule has 1 heterocycles. The number of halogens is 1. The Hall–Kier alpha value is -1.37. The van der Waals surface area contributed by atoms with Gasteiger partial charge in [0.1, 0.15) is 11.9 Å². The Labute approximate surface area is 96.8 Å². The number of amides is 1. The number of nitrogens with zero attached hydrogens (tertiary/aromatic N) is 1. The van der Waals surface area contributed by atoms with Gasteiger partial charge in [0.25, 0.3) is 0 Å². The fourth-order valence-electron chi connectivity index (χ4n) is 1.20. The summed E-state index contributed by atoms with van der Waals surface area (Å²) in [4.78, 5) is 14.3. The fourth-order valence-corrected chi connectivity index (χ4v) is 1.47. The summed E-state index contributed by atoms with van der Waals surface area (Å²) in [5, 5.41) is 19.3. The molecule has 0 radical (unpaired) electrons. The quantitative estimate of drug-likeness (QED) is 0.574. The number of aliphatic hydroxyl groups is 2. The minimum absolute atomic E-state index is 0.170. The van der Waals surface area contributed by atoms with Crippen LogP contribution in [0, 0.1) is 0 Å². The predicted molar refractivity (Wildman–Crippen MR) is 58.4 cm³/mol. The molecule has 0 saturated heterocycles. The van der Waals surface area contributed by atoms with Crippen LogP contribution in [0.5, 0.6) is 0 Å². The number of nitrogens with two attached hydrogens (primary N) is 2. The van der Waals surface area contributed by atoms with Gasteiger partial charge in [0.05, 0.1) is 17.5 Å². The first-order valence-electron chi connectivity index (χ1n) is 4.47. The number of anilines is 1. The summed E-state index contributed by atoms with van der Waals surface area (Å²) >= 11 is 5.80. The molecule has 1 amide bonds. The molecule has 1 rings (SSSR count). The molecule has 0 aliphatic heterocycles. The van der Waals surface area contributed by atoms with Crippen LogP contribution in [-0.2, 0) is 4.79 Å². The van der Waals surface area contributed by atoms with Crippen molar-refractivity contribution in [1.29, 1.82) is 0 Å². The summed E-state index contributed by atoms with van der Waals surface area (Å²) in [5.74, 6) is -0.517. The summed E-state index contributed by atoms with van der Waals surface area (Å²) in [5.41, 5.74) is 10.5. The van der Waals surface area contributed by atoms with Crippen LogP contribution in [0.25, 0.3) is 0 Å². The van der Waals surface area contributed by atoms with Crippen molar-refractivity contribution < 1.29 is 15.0 Å². The van der Waals surface area contributed by atoms with E-state index >= 15 is 0 Å². The molecule has 6 nitrogen and oxygen atoms in total. The number of aromatic nitrogens is 1. The zero-order chi connectivity index (χ0) is 12.3. The molecule has 0 aromatic carbocycles. The lowest BCUT2D eigenvalue weighted by Crippen LogP contribution is -2.26. The Morgan fingerprint density at radius 2 is 2.19 bits per heavy atom. The van der Waals surface area contributed by atoms with Crippen LogP contribution in [0.2, 0.25) is 5.02 Å². The zero-order valence-corrected chi connectivity index (χ0v) is 9.05. The summed E-state index contributed by atoms with van der Waals surface area (Å²) in [6.07, 6.45) is -1.76. The fraction of sp³-hybridized carbons (Fsp3) is 0.333. The van der Waals surface area contributed by atoms with Crippen LogP contribution in [-0.4, -0.2) is 27.2 Å². The second-order valence-corrected chi connectivity index (χ2v) is 3.72. The van der Waals surface area contributed by atoms with Crippen LogP contribution in [0.15, 0.2) is 12.3 Å². The molecule has 2 atom stereocenters. The lowest BCUT2D eigenvalue weighted by molar-refractivity contribution is -0.121. The van der Waals surface area contributed by atoms with Crippen LogP contribution >= 0.6 is 11.6 Å². The number of hydrogen-bond donors (Lipinski definition) is 4. The number of primary amides is 1. The zero-order valence-electron chi connectivity index (χ0n) is 8.30. The Morgan fingerprint density at radius 1 is 1.56 bits per heavy atom. The van der Waals surface area contributed by atoms with E-state index in [0.29, 0.717) is 0 Å². The van der Waals surface area contributed by atoms with Crippen molar-refractivity contribution in [2.75, 3.05) is 5.73 Å². The van der Waals surface area contributed by atoms with E-state index in [-0.39, 0.29) is 22.8 Å². The van der Waals surface area contributed by atoms with Crippen LogP contribution in [0.1, 0.15) is 18.1 Å². The molecule has 7 heteroatoms. The van der Waals surface area contributed by atoms with Crippen LogP contribution < -0.4 is 11.5 Å². The highest BCUT2D eigenvalue weighted by molar-refractivity contribution is 6.31. The normalized spacial score (nSPS) is 14.4. The summed E-state index contributed by atoms with van der Waals surface area (Å²) in [6.45, 7) is 0. The number of carbonyl (C=O) groups excluding carboxylic acids is 1. The molecule has 0 aliphatic carbocycles. The first-order chi connectivity index (χ1) is 7.41. The molecule has 0 spiro atoms. The van der Waals surface area contributed by atoms with Crippen molar-refractivity contribution in [1.82, 2.24) is 4.98 Å². The van der Waals surface area contributed by atoms with Gasteiger partial charge in [0, 0.05) is 11.8 Å². The maximum absolute atomic E-state index is 10.6. The summed E-state index contributed by atoms with van der Waals surface area (Å²) < 4.78 is 0. The van der Waals surface area contributed by atoms with Gasteiger partial charge in [-0.05, 0) is 6.07 Å². The van der Waals surface area contributed by atoms with Crippen molar-refractivity contribution in [3.8, 4) is 0 Å². The largest absolute Gasteiger partial charge is 0.390 e. The molecule has 0 aliphatic rings. The summed E-state index contributed by atoms with van der Waals surface area (Å²) in [7, 11) is 0. The molecule has 16 heavy (non-hydrogen) atoms. The third-order valence-electron chi connectivity index (χ3n) is 2.00. The molecule has 0 fully saturated rings. The van der Waals surface area contributed by atoms with Gasteiger partial charge in [-0.3, -0.25) is 4.79 Å². The molecule has 0 saturated carbocycles. The van der Waals surface area contributed by atoms with Crippen molar-refractivity contribution in [3.05, 3.63) is 22.8 Å². The van der Waals surface area contributed by atoms with Gasteiger partial charge >= 0.3 is 0 Å². The van der Waals surface area contributed by atoms with E-state index in [0.717, 1.165) is 0 Å². The minimum atomic E-state index is -1.33. The maximum Gasteiger partial charge on any atom is 0.220 e. The highest BCUT2D eigenvalue weighted by atomic mass is 35.5. The van der Waals surface area contributed by atoms with E-state index in [2.05, 4.69) is 4.98 Å². The molecule has 1 aromatic rings. The average Bonchev–Trinajstić information content (AvgIpc) is 2.15. The van der Waals surface area contributed by atoms with E-state index < -0.39 is 18.1 Å². The van der Waals surface area contributed by atoms with Gasteiger partial charge in [-0.15, -0.1) is 0 Å². The predicted octanol–water partition coefficient (Wildman–Crippen LogP) is -0.413. The van der Waals surface area contributed by atoms with Gasteiger partial charge in [-0.1, -0.05) is 11.6 Å². The third kappa shape index (κ3) is 3.06. The minimum Gasteiger partial charge on any atom is -0.390 e. The summed E-state index contributed by atoms with van der Waals surface area (Å²) in [6, 6.07) is 1.34. The average molecular weight is 246 g/mol. The second-order valence-electron chi connectivity index (χ2n) is 3.31. The first kappa shape index (κ1) is 12.7. The monoisotopic (exact) mass is 245 g/mol. The number of rotatable bonds is 4. The highest BCUT2D eigenvalue weighted by Gasteiger charge is 2.22. The molecule has 2 unspecified atom stereocenters. The Bertz CT molecular complexity index is 400. The number of hydrogen-bond acceptors (Lipinski definition) is 5. The first-order valence-corrected chi connectivity index (χ1v) is 4.85. The van der Waals surface area contributed by atoms with Gasteiger partial charge in [-0.25, -0.2) is 4.98 Å². The number of aliphatic hydroxyl groups excluding tert-OH is 2. The highest BCUT2D eigenvalue weighted by Crippen LogP contribution is 2.26. The SMILES string of the molecule is NC(=O)CC(O)C(O)c1cnc(N)cc1Cl. The van der Waals surface area contributed by atoms with Crippen molar-refractivity contribution in [3.63, 3.8) is 0 Å². The Balaban J connectivity index is 2.87. The Kier molecular flexibility index (Phi) is 4.05. The molecular formula is C9H12ClN3O3. The van der Waals surface area contributed by atoms with E-state index in [4.69, 9.17) is 23.1 Å². The van der Waals surface area contributed by atoms with Crippen molar-refractivity contribution >= 4 is 23.3 Å². The molecular weight excluding hydrogens is 234 g/mol. The van der Waals surface area contributed by atoms with E-state index in [1.54, 1.807) is 0 Å². The second kappa shape index (κ2) is 5.11. The van der Waals surface area contributed by atoms with Gasteiger partial charge in [0.2, 0.25) is 5.91 Å². The maximum atomic E-state index is 10.6. The van der Waals surface area contributed by atoms with Gasteiger partial charge in [0.15, 0.2) is 0 Å². The van der Waals surface area contributed by atoms with Gasteiger partial charge < -0.3 is 21.7 Å². The molecule has 6 N–H and O–H groups in total. The smallest absolute Gasteiger partial charge is 0.220 e. The number of nitrogen functional groups attached to an aromatic ring is 1. The lowest BCUT2D eigenvalue weighted by atomic mass is 10.0. The molecule has 0 bridgehead atoms. The van der Waals surface area contributed by atoms with Crippen LogP contribution in [0.4, 0.5) is 5.82 Å². The lowest BCUT2D eigenvalue weighted by Gasteiger charge is -2.17. The number of carbonyl (C=O) groups is 1. The topological polar surface area (TPSA) is 122 Å². The third-order valence-corrected chi connectivity index (χ3v) is 2.32. The number of pyridine rings is 1. The van der Waals surface area contributed by atoms with E-state index in [9.17, 15) is 15.0 Å². The Morgan fingerprint density at radius 3 is 2.69 bits per heavy atom. The van der Waals surface area contributed by atoms with Gasteiger partial charge in [-0.2, -0.15) is 0 Å². The van der Waals surface area contributed by atoms with E-state index in [1.807, 2.05) is 0 Å².